The summed E-state index contributed by atoms with van der Waals surface area (Å²) in [4.78, 5) is 61.5. The third-order valence-corrected chi connectivity index (χ3v) is 19.5. The van der Waals surface area contributed by atoms with E-state index < -0.39 is 36.3 Å². The van der Waals surface area contributed by atoms with Crippen LogP contribution in [0.15, 0.2) is 216 Å². The first-order valence-corrected chi connectivity index (χ1v) is 36.7. The predicted octanol–water partition coefficient (Wildman–Crippen LogP) is 15.7. The van der Waals surface area contributed by atoms with E-state index in [0.29, 0.717) is 75.3 Å². The van der Waals surface area contributed by atoms with Gasteiger partial charge >= 0.3 is 18.3 Å². The van der Waals surface area contributed by atoms with Crippen LogP contribution < -0.4 is 58.3 Å². The molecule has 0 spiro atoms. The predicted molar refractivity (Wildman–Crippen MR) is 417 cm³/mol. The van der Waals surface area contributed by atoms with Gasteiger partial charge in [0.1, 0.15) is 57.2 Å². The molecule has 0 aliphatic carbocycles. The molecule has 4 N–H and O–H groups in total. The fourth-order valence-corrected chi connectivity index (χ4v) is 14.8. The smallest absolute Gasteiger partial charge is 0.407 e. The van der Waals surface area contributed by atoms with Gasteiger partial charge in [-0.2, -0.15) is 0 Å². The molecule has 0 aliphatic rings. The van der Waals surface area contributed by atoms with Crippen LogP contribution in [0.5, 0.6) is 17.2 Å². The first-order chi connectivity index (χ1) is 49.0. The number of ether oxygens (including phenoxy) is 5. The molecule has 3 amide bonds. The molecule has 0 radical (unpaired) electrons. The normalized spacial score (nSPS) is 10.9. The summed E-state index contributed by atoms with van der Waals surface area (Å²) in [6.07, 6.45) is 8.31. The number of halogens is 2. The quantitative estimate of drug-likeness (QED) is 0.00610. The van der Waals surface area contributed by atoms with Gasteiger partial charge in [0.15, 0.2) is 12.6 Å². The second-order valence-corrected chi connectivity index (χ2v) is 30.2. The number of alkyl halides is 1. The summed E-state index contributed by atoms with van der Waals surface area (Å²) in [5.41, 5.74) is 17.8. The topological polar surface area (TPSA) is 285 Å². The number of benzene rings is 9. The molecule has 0 aliphatic heterocycles. The standard InChI is InChI=1S/C21H26N4O3.C21H21N3P.C19H23NO4.C11H8O2.C8H16BrNO2.BrH/c1-21(2,3)28-20(26)23-13-7-15-27-19-12-11-16(8-6-14-24-25-22)17-9-4-5-10-18(17)19;22-24-23-17-10-18-25(19-11-4-1-5-12-19,20-13-6-2-7-14-20)21-15-8-3-9-16-21;1-19(2,3)24-18(22)20-11-6-12-23-17-10-9-14(13-21)15-7-4-5-8-16(15)17;12-7-8-5-6-11(13)10-4-2-1-3-9(8)10;1-8(2,3)12-7(11)10-6-4-5-9;/h4-6,8-12H,7,13-15H2,1-3H3,(H,23,26);1-9,11-16H,10,17-18H2;4-5,7-10,13H,6,11-12H2,1-3H3,(H,20,22);1-7,13H;4-6H2,1-3H3,(H,10,11);1H/q;+1;;;;/p-1/b8-6+;;;;;. The average Bonchev–Trinajstić information content (AvgIpc) is 0.814. The molecule has 9 aromatic carbocycles. The Hall–Kier alpha value is -9.94. The lowest BCUT2D eigenvalue weighted by molar-refractivity contribution is -0.0000948. The van der Waals surface area contributed by atoms with E-state index in [-0.39, 0.29) is 28.8 Å². The molecule has 20 nitrogen and oxygen atoms in total. The minimum Gasteiger partial charge on any atom is -1.00 e. The molecule has 544 valence electrons. The zero-order valence-corrected chi connectivity index (χ0v) is 64.0. The molecular formula is C80H94Br2N9O11P. The highest BCUT2D eigenvalue weighted by Gasteiger charge is 2.44. The number of azide groups is 2. The molecule has 0 unspecified atom stereocenters. The van der Waals surface area contributed by atoms with Gasteiger partial charge in [-0.15, -0.1) is 0 Å². The van der Waals surface area contributed by atoms with Crippen molar-refractivity contribution in [1.29, 1.82) is 0 Å². The van der Waals surface area contributed by atoms with Crippen molar-refractivity contribution in [2.24, 2.45) is 10.2 Å². The van der Waals surface area contributed by atoms with Gasteiger partial charge in [0.2, 0.25) is 0 Å². The second kappa shape index (κ2) is 45.1. The van der Waals surface area contributed by atoms with Gasteiger partial charge in [-0.3, -0.25) is 9.59 Å². The van der Waals surface area contributed by atoms with Crippen molar-refractivity contribution in [1.82, 2.24) is 16.0 Å². The largest absolute Gasteiger partial charge is 1.00 e. The van der Waals surface area contributed by atoms with Gasteiger partial charge in [0, 0.05) is 75.2 Å². The van der Waals surface area contributed by atoms with E-state index in [2.05, 4.69) is 143 Å². The van der Waals surface area contributed by atoms with E-state index in [1.54, 1.807) is 24.3 Å². The van der Waals surface area contributed by atoms with Crippen molar-refractivity contribution in [2.75, 3.05) is 57.4 Å². The maximum Gasteiger partial charge on any atom is 0.407 e. The van der Waals surface area contributed by atoms with Gasteiger partial charge in [0.25, 0.3) is 0 Å². The summed E-state index contributed by atoms with van der Waals surface area (Å²) in [5, 5.41) is 35.1. The molecule has 0 fully saturated rings. The number of aromatic hydroxyl groups is 1. The monoisotopic (exact) mass is 1550 g/mol. The summed E-state index contributed by atoms with van der Waals surface area (Å²) >= 11 is 3.27. The van der Waals surface area contributed by atoms with Crippen LogP contribution in [-0.2, 0) is 14.2 Å². The number of aldehydes is 2. The Kier molecular flexibility index (Phi) is 37.4. The summed E-state index contributed by atoms with van der Waals surface area (Å²) in [6, 6.07) is 65.8. The van der Waals surface area contributed by atoms with E-state index in [4.69, 9.17) is 34.7 Å². The zero-order valence-electron chi connectivity index (χ0n) is 60.0. The summed E-state index contributed by atoms with van der Waals surface area (Å²) in [5.74, 6) is 1.73. The highest BCUT2D eigenvalue weighted by Crippen LogP contribution is 2.55. The van der Waals surface area contributed by atoms with Crippen molar-refractivity contribution < 1.29 is 69.7 Å². The molecule has 0 saturated heterocycles. The third kappa shape index (κ3) is 30.3. The highest BCUT2D eigenvalue weighted by atomic mass is 79.9. The number of phenolic OH excluding ortho intramolecular Hbond substituents is 1. The Morgan fingerprint density at radius 1 is 0.466 bits per heavy atom. The summed E-state index contributed by atoms with van der Waals surface area (Å²) < 4.78 is 27.1. The molecule has 9 rings (SSSR count). The van der Waals surface area contributed by atoms with Crippen molar-refractivity contribution in [3.63, 3.8) is 0 Å². The van der Waals surface area contributed by atoms with Crippen LogP contribution in [0, 0.1) is 0 Å². The van der Waals surface area contributed by atoms with Crippen LogP contribution in [-0.4, -0.2) is 110 Å². The van der Waals surface area contributed by atoms with E-state index in [1.807, 2.05) is 153 Å². The van der Waals surface area contributed by atoms with Gasteiger partial charge in [-0.05, 0) is 188 Å². The van der Waals surface area contributed by atoms with Crippen LogP contribution >= 0.6 is 23.2 Å². The van der Waals surface area contributed by atoms with Gasteiger partial charge in [-0.25, -0.2) is 14.4 Å². The highest BCUT2D eigenvalue weighted by molar-refractivity contribution is 9.09. The number of nitrogens with zero attached hydrogens (tertiary/aromatic N) is 6. The van der Waals surface area contributed by atoms with Gasteiger partial charge in [-0.1, -0.05) is 172 Å². The Bertz CT molecular complexity index is 4140. The van der Waals surface area contributed by atoms with E-state index >= 15 is 0 Å². The lowest BCUT2D eigenvalue weighted by atomic mass is 10.0. The molecule has 0 aromatic heterocycles. The number of carbonyl (C=O) groups is 5. The molecule has 0 heterocycles. The molecule has 0 bridgehead atoms. The van der Waals surface area contributed by atoms with Crippen molar-refractivity contribution in [2.45, 2.75) is 105 Å². The van der Waals surface area contributed by atoms with Crippen LogP contribution in [0.4, 0.5) is 14.4 Å². The first kappa shape index (κ1) is 85.5. The number of rotatable bonds is 25. The number of alkyl carbamates (subject to hydrolysis) is 3. The molecule has 23 heteroatoms. The fourth-order valence-electron chi connectivity index (χ4n) is 10.2. The number of amides is 3. The number of phenols is 1. The molecule has 0 saturated carbocycles. The molecular weight excluding hydrogens is 1450 g/mol. The Balaban J connectivity index is 0.000000281. The minimum atomic E-state index is -1.78. The fraction of sp³-hybridized carbons (Fsp3) is 0.312. The minimum absolute atomic E-state index is 0. The lowest BCUT2D eigenvalue weighted by Gasteiger charge is -2.27. The summed E-state index contributed by atoms with van der Waals surface area (Å²) in [6.45, 7) is 19.9. The number of fused-ring (bicyclic) bond motifs is 3. The van der Waals surface area contributed by atoms with Crippen LogP contribution in [0.2, 0.25) is 0 Å². The molecule has 9 aromatic rings. The second-order valence-electron chi connectivity index (χ2n) is 25.7. The van der Waals surface area contributed by atoms with Crippen LogP contribution in [0.25, 0.3) is 59.3 Å². The van der Waals surface area contributed by atoms with Crippen LogP contribution in [0.1, 0.15) is 114 Å². The Morgan fingerprint density at radius 3 is 1.20 bits per heavy atom. The lowest BCUT2D eigenvalue weighted by Crippen LogP contribution is -3.00. The Labute approximate surface area is 623 Å². The first-order valence-electron chi connectivity index (χ1n) is 33.6. The number of nitrogens with one attached hydrogen (secondary N) is 3. The number of hydrogen-bond acceptors (Lipinski definition) is 13. The SMILES string of the molecule is CC(C)(C)OC(=O)NCCCBr.CC(C)(C)OC(=O)NCCCOc1ccc(/C=C/CN=[N+]=[N-])c2ccccc12.CC(C)(C)OC(=O)NCCCOc1ccc(C=O)c2ccccc12.O=Cc1ccc(O)c2ccccc12.[Br-].[N-]=[N+]=NCCC[P+](c1ccccc1)(c1ccccc1)c1ccccc1. The summed E-state index contributed by atoms with van der Waals surface area (Å²) in [7, 11) is -1.78. The number of carbonyl (C=O) groups excluding carboxylic acids is 5. The van der Waals surface area contributed by atoms with E-state index in [1.165, 1.54) is 22.0 Å². The average molecular weight is 1550 g/mol. The third-order valence-electron chi connectivity index (χ3n) is 14.5. The zero-order chi connectivity index (χ0) is 74.2. The van der Waals surface area contributed by atoms with E-state index in [0.717, 1.165) is 80.9 Å². The maximum absolute atomic E-state index is 11.6. The van der Waals surface area contributed by atoms with Crippen molar-refractivity contribution in [3.05, 3.63) is 244 Å². The van der Waals surface area contributed by atoms with Crippen molar-refractivity contribution in [3.8, 4) is 17.2 Å². The van der Waals surface area contributed by atoms with Gasteiger partial charge < -0.3 is 61.7 Å². The van der Waals surface area contributed by atoms with Gasteiger partial charge in [0.05, 0.1) is 19.4 Å². The van der Waals surface area contributed by atoms with Crippen molar-refractivity contribution >= 4 is 108 Å². The number of hydrogen-bond donors (Lipinski definition) is 4. The van der Waals surface area contributed by atoms with Crippen LogP contribution in [0.3, 0.4) is 0 Å². The maximum atomic E-state index is 11.6. The molecule has 103 heavy (non-hydrogen) atoms. The van der Waals surface area contributed by atoms with E-state index in [9.17, 15) is 29.1 Å². The Morgan fingerprint density at radius 2 is 0.816 bits per heavy atom. The molecule has 0 atom stereocenters.